The van der Waals surface area contributed by atoms with Gasteiger partial charge >= 0.3 is 0 Å². The second kappa shape index (κ2) is 6.36. The molecule has 0 aromatic heterocycles. The predicted molar refractivity (Wildman–Crippen MR) is 122 cm³/mol. The van der Waals surface area contributed by atoms with Gasteiger partial charge in [-0.3, -0.25) is 4.79 Å². The van der Waals surface area contributed by atoms with Crippen molar-refractivity contribution in [3.63, 3.8) is 0 Å². The first kappa shape index (κ1) is 17.1. The second-order valence-corrected chi connectivity index (χ2v) is 7.85. The number of para-hydroxylation sites is 2. The van der Waals surface area contributed by atoms with Crippen LogP contribution in [0, 0.1) is 0 Å². The molecule has 4 aromatic rings. The molecule has 1 saturated heterocycles. The predicted octanol–water partition coefficient (Wildman–Crippen LogP) is 4.97. The fourth-order valence-corrected chi connectivity index (χ4v) is 5.02. The fourth-order valence-electron chi connectivity index (χ4n) is 5.02. The van der Waals surface area contributed by atoms with Gasteiger partial charge in [-0.25, -0.2) is 0 Å². The molecule has 4 aromatic carbocycles. The molecule has 30 heavy (non-hydrogen) atoms. The van der Waals surface area contributed by atoms with Crippen LogP contribution in [0.5, 0.6) is 0 Å². The van der Waals surface area contributed by atoms with E-state index in [-0.39, 0.29) is 5.91 Å². The average Bonchev–Trinajstić information content (AvgIpc) is 3.33. The van der Waals surface area contributed by atoms with Gasteiger partial charge in [0.2, 0.25) is 5.66 Å². The Morgan fingerprint density at radius 3 is 1.73 bits per heavy atom. The number of nitrogens with zero attached hydrogens (tertiary/aromatic N) is 2. The van der Waals surface area contributed by atoms with Gasteiger partial charge in [-0.1, -0.05) is 60.7 Å². The van der Waals surface area contributed by atoms with Crippen molar-refractivity contribution < 1.29 is 4.79 Å². The molecule has 2 heterocycles. The molecular formula is C26H21N3O. The van der Waals surface area contributed by atoms with Crippen LogP contribution >= 0.6 is 0 Å². The van der Waals surface area contributed by atoms with E-state index in [1.165, 1.54) is 0 Å². The van der Waals surface area contributed by atoms with Crippen molar-refractivity contribution in [2.24, 2.45) is 0 Å². The van der Waals surface area contributed by atoms with Crippen LogP contribution in [0.1, 0.15) is 5.56 Å². The number of anilines is 3. The molecule has 4 heteroatoms. The Morgan fingerprint density at radius 1 is 0.667 bits per heavy atom. The Balaban J connectivity index is 1.64. The molecule has 0 radical (unpaired) electrons. The van der Waals surface area contributed by atoms with E-state index in [0.29, 0.717) is 0 Å². The van der Waals surface area contributed by atoms with E-state index < -0.39 is 5.66 Å². The van der Waals surface area contributed by atoms with E-state index in [4.69, 9.17) is 0 Å². The Bertz CT molecular complexity index is 1210. The molecule has 0 aliphatic carbocycles. The van der Waals surface area contributed by atoms with Crippen LogP contribution in [-0.2, 0) is 10.5 Å². The molecule has 1 spiro atoms. The average molecular weight is 391 g/mol. The minimum Gasteiger partial charge on any atom is -0.335 e. The third-order valence-corrected chi connectivity index (χ3v) is 6.29. The molecule has 6 rings (SSSR count). The number of hydrogen-bond acceptors (Lipinski definition) is 3. The molecule has 146 valence electrons. The van der Waals surface area contributed by atoms with E-state index in [0.717, 1.165) is 46.5 Å². The Labute approximate surface area is 175 Å². The smallest absolute Gasteiger partial charge is 0.276 e. The van der Waals surface area contributed by atoms with Gasteiger partial charge in [-0.2, -0.15) is 0 Å². The number of amides is 1. The molecule has 2 aliphatic rings. The number of carbonyl (C=O) groups excluding carboxylic acids is 1. The normalized spacial score (nSPS) is 16.9. The van der Waals surface area contributed by atoms with Crippen molar-refractivity contribution in [2.45, 2.75) is 5.66 Å². The SMILES string of the molecule is O=C1Nc2cc3ccccc3cc2C12N(c1ccccc1)CCN2c1ccccc1. The molecule has 2 aliphatic heterocycles. The maximum Gasteiger partial charge on any atom is 0.276 e. The number of hydrogen-bond donors (Lipinski definition) is 1. The zero-order chi connectivity index (χ0) is 20.1. The molecule has 0 atom stereocenters. The summed E-state index contributed by atoms with van der Waals surface area (Å²) in [6.07, 6.45) is 0. The highest BCUT2D eigenvalue weighted by Crippen LogP contribution is 2.50. The first-order valence-electron chi connectivity index (χ1n) is 10.3. The second-order valence-electron chi connectivity index (χ2n) is 7.85. The number of benzene rings is 4. The van der Waals surface area contributed by atoms with Crippen LogP contribution in [0.3, 0.4) is 0 Å². The lowest BCUT2D eigenvalue weighted by atomic mass is 9.94. The molecular weight excluding hydrogens is 370 g/mol. The lowest BCUT2D eigenvalue weighted by Crippen LogP contribution is -2.56. The number of nitrogens with one attached hydrogen (secondary N) is 1. The Hall–Kier alpha value is -3.79. The number of carbonyl (C=O) groups is 1. The number of rotatable bonds is 2. The molecule has 1 N–H and O–H groups in total. The minimum atomic E-state index is -0.915. The van der Waals surface area contributed by atoms with Gasteiger partial charge < -0.3 is 15.1 Å². The van der Waals surface area contributed by atoms with Gasteiger partial charge in [0, 0.05) is 35.7 Å². The van der Waals surface area contributed by atoms with Gasteiger partial charge in [0.05, 0.1) is 0 Å². The van der Waals surface area contributed by atoms with Crippen LogP contribution < -0.4 is 15.1 Å². The lowest BCUT2D eigenvalue weighted by Gasteiger charge is -2.41. The van der Waals surface area contributed by atoms with Crippen molar-refractivity contribution in [1.29, 1.82) is 0 Å². The highest BCUT2D eigenvalue weighted by molar-refractivity contribution is 6.12. The van der Waals surface area contributed by atoms with E-state index in [1.807, 2.05) is 48.5 Å². The van der Waals surface area contributed by atoms with E-state index in [9.17, 15) is 4.79 Å². The first-order chi connectivity index (χ1) is 14.8. The molecule has 1 amide bonds. The minimum absolute atomic E-state index is 0.00184. The summed E-state index contributed by atoms with van der Waals surface area (Å²) in [5.74, 6) is -0.00184. The van der Waals surface area contributed by atoms with Crippen molar-refractivity contribution in [2.75, 3.05) is 28.2 Å². The molecule has 1 fully saturated rings. The summed E-state index contributed by atoms with van der Waals surface area (Å²) in [5, 5.41) is 5.47. The highest BCUT2D eigenvalue weighted by Gasteiger charge is 2.59. The Kier molecular flexibility index (Phi) is 3.62. The highest BCUT2D eigenvalue weighted by atomic mass is 16.2. The molecule has 4 nitrogen and oxygen atoms in total. The van der Waals surface area contributed by atoms with E-state index in [2.05, 4.69) is 63.6 Å². The number of fused-ring (bicyclic) bond motifs is 3. The summed E-state index contributed by atoms with van der Waals surface area (Å²) in [6, 6.07) is 33.0. The van der Waals surface area contributed by atoms with Gasteiger partial charge in [-0.05, 0) is 47.2 Å². The maximum atomic E-state index is 13.8. The van der Waals surface area contributed by atoms with Crippen molar-refractivity contribution in [1.82, 2.24) is 0 Å². The lowest BCUT2D eigenvalue weighted by molar-refractivity contribution is -0.120. The van der Waals surface area contributed by atoms with Crippen LogP contribution in [0.4, 0.5) is 17.1 Å². The summed E-state index contributed by atoms with van der Waals surface area (Å²) >= 11 is 0. The summed E-state index contributed by atoms with van der Waals surface area (Å²) in [7, 11) is 0. The largest absolute Gasteiger partial charge is 0.335 e. The monoisotopic (exact) mass is 391 g/mol. The molecule has 0 bridgehead atoms. The van der Waals surface area contributed by atoms with E-state index >= 15 is 0 Å². The third kappa shape index (κ3) is 2.25. The summed E-state index contributed by atoms with van der Waals surface area (Å²) in [6.45, 7) is 1.52. The van der Waals surface area contributed by atoms with Gasteiger partial charge in [0.1, 0.15) is 0 Å². The van der Waals surface area contributed by atoms with Crippen molar-refractivity contribution in [3.8, 4) is 0 Å². The van der Waals surface area contributed by atoms with Crippen LogP contribution in [0.25, 0.3) is 10.8 Å². The summed E-state index contributed by atoms with van der Waals surface area (Å²) in [4.78, 5) is 18.3. The molecule has 0 saturated carbocycles. The van der Waals surface area contributed by atoms with Crippen LogP contribution in [0.2, 0.25) is 0 Å². The Morgan fingerprint density at radius 2 is 1.17 bits per heavy atom. The van der Waals surface area contributed by atoms with Crippen LogP contribution in [-0.4, -0.2) is 19.0 Å². The van der Waals surface area contributed by atoms with Gasteiger partial charge in [0.25, 0.3) is 5.91 Å². The van der Waals surface area contributed by atoms with Crippen molar-refractivity contribution in [3.05, 3.63) is 103 Å². The maximum absolute atomic E-state index is 13.8. The zero-order valence-corrected chi connectivity index (χ0v) is 16.5. The first-order valence-corrected chi connectivity index (χ1v) is 10.3. The van der Waals surface area contributed by atoms with Gasteiger partial charge in [0.15, 0.2) is 0 Å². The zero-order valence-electron chi connectivity index (χ0n) is 16.5. The quantitative estimate of drug-likeness (QED) is 0.524. The third-order valence-electron chi connectivity index (χ3n) is 6.29. The standard InChI is InChI=1S/C26H21N3O/c30-25-26(23-17-19-9-7-8-10-20(19)18-24(23)27-25)28(21-11-3-1-4-12-21)15-16-29(26)22-13-5-2-6-14-22/h1-14,17-18H,15-16H2,(H,27,30). The summed E-state index contributed by atoms with van der Waals surface area (Å²) in [5.41, 5.74) is 3.08. The van der Waals surface area contributed by atoms with Gasteiger partial charge in [-0.15, -0.1) is 0 Å². The molecule has 0 unspecified atom stereocenters. The van der Waals surface area contributed by atoms with Crippen molar-refractivity contribution >= 4 is 33.7 Å². The van der Waals surface area contributed by atoms with E-state index in [1.54, 1.807) is 0 Å². The summed E-state index contributed by atoms with van der Waals surface area (Å²) < 4.78 is 0. The van der Waals surface area contributed by atoms with Crippen LogP contribution in [0.15, 0.2) is 97.1 Å². The topological polar surface area (TPSA) is 35.6 Å². The fraction of sp³-hybridized carbons (Fsp3) is 0.115.